The van der Waals surface area contributed by atoms with Crippen molar-refractivity contribution in [3.8, 4) is 0 Å². The predicted octanol–water partition coefficient (Wildman–Crippen LogP) is 4.28. The van der Waals surface area contributed by atoms with Crippen molar-refractivity contribution < 1.29 is 4.39 Å². The minimum Gasteiger partial charge on any atom is -0.310 e. The van der Waals surface area contributed by atoms with Crippen LogP contribution in [0.25, 0.3) is 0 Å². The third-order valence-corrected chi connectivity index (χ3v) is 3.64. The molecular formula is C18H22FN. The zero-order chi connectivity index (χ0) is 14.4. The number of hydrogen-bond donors (Lipinski definition) is 1. The zero-order valence-corrected chi connectivity index (χ0v) is 12.2. The number of halogens is 1. The van der Waals surface area contributed by atoms with E-state index in [-0.39, 0.29) is 5.82 Å². The Balaban J connectivity index is 1.83. The van der Waals surface area contributed by atoms with Crippen molar-refractivity contribution in [3.05, 3.63) is 71.0 Å². The first kappa shape index (κ1) is 14.7. The molecule has 0 aromatic heterocycles. The fourth-order valence-electron chi connectivity index (χ4n) is 2.29. The normalized spacial score (nSPS) is 12.3. The SMILES string of the molecule is CCc1ccc(C(C)NCCc2cccc(F)c2)cc1. The molecule has 1 N–H and O–H groups in total. The van der Waals surface area contributed by atoms with Gasteiger partial charge in [0.15, 0.2) is 0 Å². The maximum absolute atomic E-state index is 13.1. The molecule has 106 valence electrons. The molecule has 0 aliphatic rings. The van der Waals surface area contributed by atoms with E-state index in [9.17, 15) is 4.39 Å². The van der Waals surface area contributed by atoms with Gasteiger partial charge in [0.2, 0.25) is 0 Å². The Hall–Kier alpha value is -1.67. The van der Waals surface area contributed by atoms with E-state index >= 15 is 0 Å². The van der Waals surface area contributed by atoms with Gasteiger partial charge in [-0.1, -0.05) is 43.3 Å². The Bertz CT molecular complexity index is 533. The van der Waals surface area contributed by atoms with Gasteiger partial charge in [-0.25, -0.2) is 4.39 Å². The zero-order valence-electron chi connectivity index (χ0n) is 12.2. The standard InChI is InChI=1S/C18H22FN/c1-3-15-7-9-17(10-8-15)14(2)20-12-11-16-5-4-6-18(19)13-16/h4-10,13-14,20H,3,11-12H2,1-2H3. The van der Waals surface area contributed by atoms with Gasteiger partial charge in [0, 0.05) is 6.04 Å². The molecule has 2 rings (SSSR count). The van der Waals surface area contributed by atoms with Crippen molar-refractivity contribution in [1.82, 2.24) is 5.32 Å². The molecule has 0 amide bonds. The molecule has 0 saturated carbocycles. The quantitative estimate of drug-likeness (QED) is 0.827. The summed E-state index contributed by atoms with van der Waals surface area (Å²) in [6, 6.07) is 15.8. The maximum Gasteiger partial charge on any atom is 0.123 e. The average molecular weight is 271 g/mol. The Morgan fingerprint density at radius 2 is 1.80 bits per heavy atom. The highest BCUT2D eigenvalue weighted by atomic mass is 19.1. The fourth-order valence-corrected chi connectivity index (χ4v) is 2.29. The average Bonchev–Trinajstić information content (AvgIpc) is 2.47. The van der Waals surface area contributed by atoms with E-state index in [1.807, 2.05) is 6.07 Å². The molecule has 0 aliphatic carbocycles. The summed E-state index contributed by atoms with van der Waals surface area (Å²) in [6.07, 6.45) is 1.91. The molecule has 1 unspecified atom stereocenters. The number of nitrogens with one attached hydrogen (secondary N) is 1. The van der Waals surface area contributed by atoms with Crippen LogP contribution in [-0.4, -0.2) is 6.54 Å². The molecule has 0 saturated heterocycles. The lowest BCUT2D eigenvalue weighted by atomic mass is 10.0. The number of benzene rings is 2. The van der Waals surface area contributed by atoms with Crippen LogP contribution in [0.1, 0.15) is 36.6 Å². The first-order valence-corrected chi connectivity index (χ1v) is 7.25. The molecule has 2 heteroatoms. The van der Waals surface area contributed by atoms with Crippen LogP contribution in [-0.2, 0) is 12.8 Å². The highest BCUT2D eigenvalue weighted by Crippen LogP contribution is 2.14. The molecule has 2 aromatic rings. The summed E-state index contributed by atoms with van der Waals surface area (Å²) in [5.41, 5.74) is 3.69. The molecular weight excluding hydrogens is 249 g/mol. The van der Waals surface area contributed by atoms with Gasteiger partial charge in [-0.15, -0.1) is 0 Å². The van der Waals surface area contributed by atoms with Gasteiger partial charge in [0.05, 0.1) is 0 Å². The Kier molecular flexibility index (Phi) is 5.31. The van der Waals surface area contributed by atoms with Crippen LogP contribution in [0.5, 0.6) is 0 Å². The van der Waals surface area contributed by atoms with Crippen molar-refractivity contribution in [2.45, 2.75) is 32.7 Å². The second kappa shape index (κ2) is 7.20. The van der Waals surface area contributed by atoms with E-state index in [0.717, 1.165) is 24.9 Å². The molecule has 1 nitrogen and oxygen atoms in total. The molecule has 0 spiro atoms. The van der Waals surface area contributed by atoms with Gasteiger partial charge in [0.1, 0.15) is 5.82 Å². The second-order valence-electron chi connectivity index (χ2n) is 5.15. The number of aryl methyl sites for hydroxylation is 1. The van der Waals surface area contributed by atoms with Crippen molar-refractivity contribution in [3.63, 3.8) is 0 Å². The first-order valence-electron chi connectivity index (χ1n) is 7.25. The highest BCUT2D eigenvalue weighted by molar-refractivity contribution is 5.24. The fraction of sp³-hybridized carbons (Fsp3) is 0.333. The number of hydrogen-bond acceptors (Lipinski definition) is 1. The summed E-state index contributed by atoms with van der Waals surface area (Å²) < 4.78 is 13.1. The van der Waals surface area contributed by atoms with Crippen LogP contribution in [0.2, 0.25) is 0 Å². The van der Waals surface area contributed by atoms with Gasteiger partial charge < -0.3 is 5.32 Å². The second-order valence-corrected chi connectivity index (χ2v) is 5.15. The summed E-state index contributed by atoms with van der Waals surface area (Å²) in [4.78, 5) is 0. The van der Waals surface area contributed by atoms with Gasteiger partial charge in [0.25, 0.3) is 0 Å². The van der Waals surface area contributed by atoms with Gasteiger partial charge in [-0.2, -0.15) is 0 Å². The van der Waals surface area contributed by atoms with Gasteiger partial charge >= 0.3 is 0 Å². The van der Waals surface area contributed by atoms with E-state index in [0.29, 0.717) is 6.04 Å². The summed E-state index contributed by atoms with van der Waals surface area (Å²) in [5.74, 6) is -0.161. The van der Waals surface area contributed by atoms with E-state index in [4.69, 9.17) is 0 Å². The molecule has 2 aromatic carbocycles. The first-order chi connectivity index (χ1) is 9.69. The minimum atomic E-state index is -0.161. The lowest BCUT2D eigenvalue weighted by Gasteiger charge is -2.14. The summed E-state index contributed by atoms with van der Waals surface area (Å²) in [5, 5.41) is 3.48. The lowest BCUT2D eigenvalue weighted by Crippen LogP contribution is -2.21. The summed E-state index contributed by atoms with van der Waals surface area (Å²) in [6.45, 7) is 5.17. The van der Waals surface area contributed by atoms with Crippen molar-refractivity contribution >= 4 is 0 Å². The molecule has 0 bridgehead atoms. The van der Waals surface area contributed by atoms with Crippen LogP contribution in [0.15, 0.2) is 48.5 Å². The van der Waals surface area contributed by atoms with Crippen LogP contribution >= 0.6 is 0 Å². The monoisotopic (exact) mass is 271 g/mol. The summed E-state index contributed by atoms with van der Waals surface area (Å²) >= 11 is 0. The van der Waals surface area contributed by atoms with E-state index < -0.39 is 0 Å². The van der Waals surface area contributed by atoms with Crippen molar-refractivity contribution in [2.24, 2.45) is 0 Å². The Morgan fingerprint density at radius 3 is 2.45 bits per heavy atom. The van der Waals surface area contributed by atoms with Crippen molar-refractivity contribution in [2.75, 3.05) is 6.54 Å². The molecule has 0 fully saturated rings. The smallest absolute Gasteiger partial charge is 0.123 e. The predicted molar refractivity (Wildman–Crippen MR) is 82.3 cm³/mol. The van der Waals surface area contributed by atoms with Crippen LogP contribution in [0.4, 0.5) is 4.39 Å². The molecule has 1 atom stereocenters. The lowest BCUT2D eigenvalue weighted by molar-refractivity contribution is 0.574. The van der Waals surface area contributed by atoms with Crippen LogP contribution in [0.3, 0.4) is 0 Å². The van der Waals surface area contributed by atoms with Crippen LogP contribution in [0, 0.1) is 5.82 Å². The third-order valence-electron chi connectivity index (χ3n) is 3.64. The van der Waals surface area contributed by atoms with Gasteiger partial charge in [-0.05, 0) is 55.1 Å². The molecule has 0 heterocycles. The van der Waals surface area contributed by atoms with E-state index in [1.54, 1.807) is 12.1 Å². The van der Waals surface area contributed by atoms with E-state index in [2.05, 4.69) is 43.4 Å². The van der Waals surface area contributed by atoms with Crippen LogP contribution < -0.4 is 5.32 Å². The largest absolute Gasteiger partial charge is 0.310 e. The molecule has 20 heavy (non-hydrogen) atoms. The topological polar surface area (TPSA) is 12.0 Å². The molecule has 0 aliphatic heterocycles. The van der Waals surface area contributed by atoms with Crippen molar-refractivity contribution in [1.29, 1.82) is 0 Å². The van der Waals surface area contributed by atoms with Gasteiger partial charge in [-0.3, -0.25) is 0 Å². The van der Waals surface area contributed by atoms with E-state index in [1.165, 1.54) is 17.2 Å². The Labute approximate surface area is 120 Å². The molecule has 0 radical (unpaired) electrons. The minimum absolute atomic E-state index is 0.161. The highest BCUT2D eigenvalue weighted by Gasteiger charge is 2.04. The number of rotatable bonds is 6. The maximum atomic E-state index is 13.1. The third kappa shape index (κ3) is 4.17. The Morgan fingerprint density at radius 1 is 1.05 bits per heavy atom. The summed E-state index contributed by atoms with van der Waals surface area (Å²) in [7, 11) is 0.